The minimum Gasteiger partial charge on any atom is -0.313 e. The maximum atomic E-state index is 13.7. The zero-order chi connectivity index (χ0) is 14.4. The molecule has 1 N–H and O–H groups in total. The molecule has 0 heterocycles. The van der Waals surface area contributed by atoms with Gasteiger partial charge >= 0.3 is 0 Å². The van der Waals surface area contributed by atoms with Gasteiger partial charge in [0.1, 0.15) is 11.6 Å². The predicted octanol–water partition coefficient (Wildman–Crippen LogP) is 4.17. The minimum atomic E-state index is -0.372. The molecule has 1 aromatic carbocycles. The Bertz CT molecular complexity index is 390. The van der Waals surface area contributed by atoms with Crippen LogP contribution in [0.5, 0.6) is 0 Å². The minimum absolute atomic E-state index is 0.177. The molecule has 0 amide bonds. The van der Waals surface area contributed by atoms with E-state index in [-0.39, 0.29) is 17.7 Å². The smallest absolute Gasteiger partial charge is 0.126 e. The van der Waals surface area contributed by atoms with Crippen LogP contribution in [0.25, 0.3) is 0 Å². The SMILES string of the molecule is CCCNC(Cc1cc(F)ccc1F)C(C)C(C)C. The molecule has 1 nitrogen and oxygen atoms in total. The third-order valence-electron chi connectivity index (χ3n) is 3.79. The summed E-state index contributed by atoms with van der Waals surface area (Å²) in [5.41, 5.74) is 0.459. The Morgan fingerprint density at radius 1 is 1.16 bits per heavy atom. The van der Waals surface area contributed by atoms with Gasteiger partial charge in [0, 0.05) is 6.04 Å². The van der Waals surface area contributed by atoms with E-state index in [9.17, 15) is 8.78 Å². The number of nitrogens with one attached hydrogen (secondary N) is 1. The summed E-state index contributed by atoms with van der Waals surface area (Å²) >= 11 is 0. The average Bonchev–Trinajstić information content (AvgIpc) is 2.37. The van der Waals surface area contributed by atoms with Gasteiger partial charge in [-0.15, -0.1) is 0 Å². The zero-order valence-corrected chi connectivity index (χ0v) is 12.3. The van der Waals surface area contributed by atoms with Crippen LogP contribution >= 0.6 is 0 Å². The molecule has 2 atom stereocenters. The molecule has 0 bridgehead atoms. The normalized spacial score (nSPS) is 14.7. The van der Waals surface area contributed by atoms with Crippen molar-refractivity contribution >= 4 is 0 Å². The molecule has 2 unspecified atom stereocenters. The molecule has 0 aliphatic heterocycles. The summed E-state index contributed by atoms with van der Waals surface area (Å²) in [6.07, 6.45) is 1.57. The quantitative estimate of drug-likeness (QED) is 0.783. The van der Waals surface area contributed by atoms with Gasteiger partial charge in [-0.25, -0.2) is 8.78 Å². The van der Waals surface area contributed by atoms with Gasteiger partial charge in [0.2, 0.25) is 0 Å². The van der Waals surface area contributed by atoms with E-state index in [2.05, 4.69) is 33.0 Å². The zero-order valence-electron chi connectivity index (χ0n) is 12.3. The van der Waals surface area contributed by atoms with Crippen molar-refractivity contribution in [3.63, 3.8) is 0 Å². The van der Waals surface area contributed by atoms with Crippen molar-refractivity contribution in [3.8, 4) is 0 Å². The van der Waals surface area contributed by atoms with Crippen LogP contribution in [0.15, 0.2) is 18.2 Å². The monoisotopic (exact) mass is 269 g/mol. The molecule has 108 valence electrons. The first-order chi connectivity index (χ1) is 8.95. The molecule has 1 aromatic rings. The third kappa shape index (κ3) is 4.90. The summed E-state index contributed by atoms with van der Waals surface area (Å²) in [7, 11) is 0. The van der Waals surface area contributed by atoms with Crippen molar-refractivity contribution in [1.82, 2.24) is 5.32 Å². The molecule has 0 aliphatic rings. The van der Waals surface area contributed by atoms with Crippen LogP contribution < -0.4 is 5.32 Å². The van der Waals surface area contributed by atoms with Crippen molar-refractivity contribution in [1.29, 1.82) is 0 Å². The molecule has 1 rings (SSSR count). The number of hydrogen-bond donors (Lipinski definition) is 1. The first-order valence-electron chi connectivity index (χ1n) is 7.13. The van der Waals surface area contributed by atoms with Gasteiger partial charge in [-0.1, -0.05) is 27.7 Å². The van der Waals surface area contributed by atoms with Gasteiger partial charge in [-0.05, 0) is 55.0 Å². The second kappa shape index (κ2) is 7.59. The van der Waals surface area contributed by atoms with Gasteiger partial charge in [0.05, 0.1) is 0 Å². The van der Waals surface area contributed by atoms with Gasteiger partial charge in [-0.2, -0.15) is 0 Å². The van der Waals surface area contributed by atoms with Crippen molar-refractivity contribution in [2.24, 2.45) is 11.8 Å². The summed E-state index contributed by atoms with van der Waals surface area (Å²) in [5, 5.41) is 3.46. The standard InChI is InChI=1S/C16H25F2N/c1-5-8-19-16(12(4)11(2)3)10-13-9-14(17)6-7-15(13)18/h6-7,9,11-12,16,19H,5,8,10H2,1-4H3. The molecular formula is C16H25F2N. The lowest BCUT2D eigenvalue weighted by atomic mass is 9.86. The first kappa shape index (κ1) is 16.1. The van der Waals surface area contributed by atoms with Crippen LogP contribution in [0.3, 0.4) is 0 Å². The molecule has 3 heteroatoms. The molecule has 0 saturated carbocycles. The number of benzene rings is 1. The molecule has 0 radical (unpaired) electrons. The van der Waals surface area contributed by atoms with Crippen LogP contribution in [0.2, 0.25) is 0 Å². The fourth-order valence-electron chi connectivity index (χ4n) is 2.17. The lowest BCUT2D eigenvalue weighted by molar-refractivity contribution is 0.295. The Hall–Kier alpha value is -0.960. The van der Waals surface area contributed by atoms with Crippen LogP contribution in [0, 0.1) is 23.5 Å². The average molecular weight is 269 g/mol. The highest BCUT2D eigenvalue weighted by molar-refractivity contribution is 5.20. The highest BCUT2D eigenvalue weighted by atomic mass is 19.1. The summed E-state index contributed by atoms with van der Waals surface area (Å²) in [5.74, 6) is 0.226. The third-order valence-corrected chi connectivity index (χ3v) is 3.79. The van der Waals surface area contributed by atoms with E-state index < -0.39 is 0 Å². The molecule has 0 aromatic heterocycles. The fourth-order valence-corrected chi connectivity index (χ4v) is 2.17. The Morgan fingerprint density at radius 2 is 1.84 bits per heavy atom. The lowest BCUT2D eigenvalue weighted by Crippen LogP contribution is -2.39. The van der Waals surface area contributed by atoms with E-state index in [4.69, 9.17) is 0 Å². The molecule has 19 heavy (non-hydrogen) atoms. The first-order valence-corrected chi connectivity index (χ1v) is 7.13. The van der Waals surface area contributed by atoms with Crippen LogP contribution in [-0.4, -0.2) is 12.6 Å². The van der Waals surface area contributed by atoms with E-state index in [0.717, 1.165) is 13.0 Å². The van der Waals surface area contributed by atoms with Crippen LogP contribution in [-0.2, 0) is 6.42 Å². The Morgan fingerprint density at radius 3 is 2.42 bits per heavy atom. The molecule has 0 aliphatic carbocycles. The van der Waals surface area contributed by atoms with Gasteiger partial charge in [0.25, 0.3) is 0 Å². The maximum Gasteiger partial charge on any atom is 0.126 e. The summed E-state index contributed by atoms with van der Waals surface area (Å²) in [6.45, 7) is 9.49. The number of rotatable bonds is 7. The molecule has 0 saturated heterocycles. The summed E-state index contributed by atoms with van der Waals surface area (Å²) in [4.78, 5) is 0. The summed E-state index contributed by atoms with van der Waals surface area (Å²) in [6, 6.07) is 3.86. The second-order valence-corrected chi connectivity index (χ2v) is 5.60. The molecule has 0 fully saturated rings. The highest BCUT2D eigenvalue weighted by Crippen LogP contribution is 2.20. The Balaban J connectivity index is 2.83. The van der Waals surface area contributed by atoms with Crippen LogP contribution in [0.1, 0.15) is 39.7 Å². The summed E-state index contributed by atoms with van der Waals surface area (Å²) < 4.78 is 26.9. The van der Waals surface area contributed by atoms with Gasteiger partial charge in [0.15, 0.2) is 0 Å². The molecule has 0 spiro atoms. The maximum absolute atomic E-state index is 13.7. The van der Waals surface area contributed by atoms with Crippen LogP contribution in [0.4, 0.5) is 8.78 Å². The fraction of sp³-hybridized carbons (Fsp3) is 0.625. The van der Waals surface area contributed by atoms with E-state index >= 15 is 0 Å². The van der Waals surface area contributed by atoms with E-state index in [1.165, 1.54) is 18.2 Å². The second-order valence-electron chi connectivity index (χ2n) is 5.60. The van der Waals surface area contributed by atoms with Crippen molar-refractivity contribution in [3.05, 3.63) is 35.4 Å². The van der Waals surface area contributed by atoms with Crippen molar-refractivity contribution < 1.29 is 8.78 Å². The Labute approximate surface area is 115 Å². The number of hydrogen-bond acceptors (Lipinski definition) is 1. The van der Waals surface area contributed by atoms with Gasteiger partial charge in [-0.3, -0.25) is 0 Å². The molecular weight excluding hydrogens is 244 g/mol. The Kier molecular flexibility index (Phi) is 6.43. The topological polar surface area (TPSA) is 12.0 Å². The van der Waals surface area contributed by atoms with E-state index in [0.29, 0.717) is 23.8 Å². The van der Waals surface area contributed by atoms with Crippen molar-refractivity contribution in [2.45, 2.75) is 46.6 Å². The lowest BCUT2D eigenvalue weighted by Gasteiger charge is -2.28. The number of halogens is 2. The van der Waals surface area contributed by atoms with Crippen molar-refractivity contribution in [2.75, 3.05) is 6.54 Å². The van der Waals surface area contributed by atoms with Gasteiger partial charge < -0.3 is 5.32 Å². The largest absolute Gasteiger partial charge is 0.313 e. The van der Waals surface area contributed by atoms with E-state index in [1.54, 1.807) is 0 Å². The predicted molar refractivity (Wildman–Crippen MR) is 76.1 cm³/mol. The van der Waals surface area contributed by atoms with E-state index in [1.807, 2.05) is 0 Å². The highest BCUT2D eigenvalue weighted by Gasteiger charge is 2.21.